The zero-order chi connectivity index (χ0) is 10.6. The molecule has 0 bridgehead atoms. The fourth-order valence-electron chi connectivity index (χ4n) is 1.02. The number of hydrogen-bond donors (Lipinski definition) is 0. The van der Waals surface area contributed by atoms with Gasteiger partial charge in [-0.3, -0.25) is 4.79 Å². The summed E-state index contributed by atoms with van der Waals surface area (Å²) < 4.78 is 0. The summed E-state index contributed by atoms with van der Waals surface area (Å²) in [5, 5.41) is 8.07. The number of nitrogens with zero attached hydrogens (tertiary/aromatic N) is 2. The fourth-order valence-corrected chi connectivity index (χ4v) is 1.08. The monoisotopic (exact) mass is 208 g/mol. The van der Waals surface area contributed by atoms with Crippen molar-refractivity contribution in [2.45, 2.75) is 6.54 Å². The summed E-state index contributed by atoms with van der Waals surface area (Å²) in [6.45, 7) is 0.452. The molecule has 0 atom stereocenters. The van der Waals surface area contributed by atoms with Crippen molar-refractivity contribution in [2.24, 2.45) is 0 Å². The number of carbonyl (C=O) groups excluding carboxylic acids is 1. The third-order valence-electron chi connectivity index (χ3n) is 1.80. The summed E-state index contributed by atoms with van der Waals surface area (Å²) in [6, 6.07) is 9.05. The molecule has 0 aliphatic carbocycles. The van der Waals surface area contributed by atoms with E-state index in [0.717, 1.165) is 5.56 Å². The first-order chi connectivity index (χ1) is 6.63. The van der Waals surface area contributed by atoms with Gasteiger partial charge >= 0.3 is 5.37 Å². The van der Waals surface area contributed by atoms with E-state index in [-0.39, 0.29) is 0 Å². The van der Waals surface area contributed by atoms with E-state index in [1.54, 1.807) is 31.3 Å². The normalized spacial score (nSPS) is 9.21. The second kappa shape index (κ2) is 4.64. The zero-order valence-electron chi connectivity index (χ0n) is 7.70. The van der Waals surface area contributed by atoms with Crippen molar-refractivity contribution in [3.63, 3.8) is 0 Å². The lowest BCUT2D eigenvalue weighted by atomic mass is 10.1. The van der Waals surface area contributed by atoms with Gasteiger partial charge in [-0.05, 0) is 29.3 Å². The van der Waals surface area contributed by atoms with Crippen molar-refractivity contribution in [2.75, 3.05) is 7.05 Å². The second-order valence-electron chi connectivity index (χ2n) is 2.92. The maximum atomic E-state index is 10.7. The molecule has 1 aromatic rings. The van der Waals surface area contributed by atoms with Crippen LogP contribution in [0.25, 0.3) is 0 Å². The minimum Gasteiger partial charge on any atom is -0.328 e. The van der Waals surface area contributed by atoms with Crippen LogP contribution in [-0.4, -0.2) is 17.3 Å². The highest BCUT2D eigenvalue weighted by molar-refractivity contribution is 6.62. The van der Waals surface area contributed by atoms with E-state index in [9.17, 15) is 4.79 Å². The van der Waals surface area contributed by atoms with Gasteiger partial charge in [0.2, 0.25) is 0 Å². The molecular formula is C10H9ClN2O. The van der Waals surface area contributed by atoms with Crippen molar-refractivity contribution >= 4 is 17.0 Å². The predicted octanol–water partition coefficient (Wildman–Crippen LogP) is 2.35. The van der Waals surface area contributed by atoms with Crippen LogP contribution in [0.15, 0.2) is 24.3 Å². The molecule has 0 aliphatic rings. The van der Waals surface area contributed by atoms with Crippen LogP contribution < -0.4 is 0 Å². The molecule has 3 nitrogen and oxygen atoms in total. The van der Waals surface area contributed by atoms with E-state index in [0.29, 0.717) is 12.1 Å². The van der Waals surface area contributed by atoms with Gasteiger partial charge in [-0.1, -0.05) is 12.1 Å². The molecule has 0 unspecified atom stereocenters. The molecule has 0 aliphatic heterocycles. The molecule has 14 heavy (non-hydrogen) atoms. The number of carbonyl (C=O) groups is 1. The molecule has 1 aromatic carbocycles. The number of benzene rings is 1. The topological polar surface area (TPSA) is 44.1 Å². The molecule has 0 N–H and O–H groups in total. The van der Waals surface area contributed by atoms with E-state index in [1.807, 2.05) is 6.07 Å². The van der Waals surface area contributed by atoms with Crippen LogP contribution in [0.4, 0.5) is 4.79 Å². The van der Waals surface area contributed by atoms with Gasteiger partial charge in [-0.15, -0.1) is 0 Å². The number of amides is 1. The lowest BCUT2D eigenvalue weighted by Gasteiger charge is -2.12. The van der Waals surface area contributed by atoms with Crippen LogP contribution in [0.2, 0.25) is 0 Å². The van der Waals surface area contributed by atoms with Crippen LogP contribution in [0.3, 0.4) is 0 Å². The molecule has 0 radical (unpaired) electrons. The molecule has 0 saturated heterocycles. The highest BCUT2D eigenvalue weighted by atomic mass is 35.5. The van der Waals surface area contributed by atoms with Crippen LogP contribution in [0, 0.1) is 11.3 Å². The molecule has 0 aromatic heterocycles. The molecule has 0 fully saturated rings. The van der Waals surface area contributed by atoms with Gasteiger partial charge in [-0.2, -0.15) is 5.26 Å². The number of nitriles is 1. The minimum atomic E-state index is -0.491. The third kappa shape index (κ3) is 2.75. The van der Waals surface area contributed by atoms with Gasteiger partial charge < -0.3 is 4.90 Å². The summed E-state index contributed by atoms with van der Waals surface area (Å²) in [6.07, 6.45) is 0. The summed E-state index contributed by atoms with van der Waals surface area (Å²) in [5.41, 5.74) is 1.55. The Morgan fingerprint density at radius 2 is 2.07 bits per heavy atom. The number of rotatable bonds is 2. The largest absolute Gasteiger partial charge is 0.328 e. The first-order valence-electron chi connectivity index (χ1n) is 4.03. The molecule has 1 amide bonds. The summed E-state index contributed by atoms with van der Waals surface area (Å²) in [4.78, 5) is 12.1. The highest BCUT2D eigenvalue weighted by Crippen LogP contribution is 2.07. The summed E-state index contributed by atoms with van der Waals surface area (Å²) in [5.74, 6) is 0. The van der Waals surface area contributed by atoms with Crippen LogP contribution in [-0.2, 0) is 6.54 Å². The quantitative estimate of drug-likeness (QED) is 0.553. The Labute approximate surface area is 87.5 Å². The maximum Gasteiger partial charge on any atom is 0.316 e. The Hall–Kier alpha value is -1.53. The number of halogens is 1. The van der Waals surface area contributed by atoms with Gasteiger partial charge in [0.05, 0.1) is 11.6 Å². The Kier molecular flexibility index (Phi) is 3.49. The smallest absolute Gasteiger partial charge is 0.316 e. The van der Waals surface area contributed by atoms with Gasteiger partial charge in [-0.25, -0.2) is 0 Å². The van der Waals surface area contributed by atoms with Crippen molar-refractivity contribution in [1.29, 1.82) is 5.26 Å². The Morgan fingerprint density at radius 3 is 2.50 bits per heavy atom. The molecule has 0 spiro atoms. The Bertz CT molecular complexity index is 367. The number of hydrogen-bond acceptors (Lipinski definition) is 2. The SMILES string of the molecule is CN(Cc1ccc(C#N)cc1)C(=O)Cl. The molecule has 0 heterocycles. The zero-order valence-corrected chi connectivity index (χ0v) is 8.45. The van der Waals surface area contributed by atoms with Crippen molar-refractivity contribution in [1.82, 2.24) is 4.90 Å². The molecule has 1 rings (SSSR count). The lowest BCUT2D eigenvalue weighted by molar-refractivity contribution is 0.230. The Balaban J connectivity index is 2.70. The van der Waals surface area contributed by atoms with Crippen LogP contribution in [0.5, 0.6) is 0 Å². The van der Waals surface area contributed by atoms with E-state index in [2.05, 4.69) is 0 Å². The average Bonchev–Trinajstić information content (AvgIpc) is 2.19. The van der Waals surface area contributed by atoms with Gasteiger partial charge in [0.15, 0.2) is 0 Å². The summed E-state index contributed by atoms with van der Waals surface area (Å²) >= 11 is 5.27. The third-order valence-corrected chi connectivity index (χ3v) is 2.09. The highest BCUT2D eigenvalue weighted by Gasteiger charge is 2.04. The van der Waals surface area contributed by atoms with Gasteiger partial charge in [0.25, 0.3) is 0 Å². The molecule has 0 saturated carbocycles. The maximum absolute atomic E-state index is 10.7. The standard InChI is InChI=1S/C10H9ClN2O/c1-13(10(11)14)7-9-4-2-8(6-12)3-5-9/h2-5H,7H2,1H3. The van der Waals surface area contributed by atoms with Crippen LogP contribution >= 0.6 is 11.6 Å². The van der Waals surface area contributed by atoms with Crippen molar-refractivity contribution < 1.29 is 4.79 Å². The first kappa shape index (κ1) is 10.6. The average molecular weight is 209 g/mol. The van der Waals surface area contributed by atoms with Crippen molar-refractivity contribution in [3.8, 4) is 6.07 Å². The van der Waals surface area contributed by atoms with Crippen molar-refractivity contribution in [3.05, 3.63) is 35.4 Å². The van der Waals surface area contributed by atoms with Gasteiger partial charge in [0, 0.05) is 13.6 Å². The Morgan fingerprint density at radius 1 is 1.50 bits per heavy atom. The minimum absolute atomic E-state index is 0.452. The lowest BCUT2D eigenvalue weighted by Crippen LogP contribution is -2.19. The van der Waals surface area contributed by atoms with E-state index >= 15 is 0 Å². The van der Waals surface area contributed by atoms with Crippen LogP contribution in [0.1, 0.15) is 11.1 Å². The van der Waals surface area contributed by atoms with E-state index in [4.69, 9.17) is 16.9 Å². The predicted molar refractivity (Wildman–Crippen MR) is 53.9 cm³/mol. The van der Waals surface area contributed by atoms with E-state index < -0.39 is 5.37 Å². The van der Waals surface area contributed by atoms with E-state index in [1.165, 1.54) is 4.90 Å². The second-order valence-corrected chi connectivity index (χ2v) is 3.24. The van der Waals surface area contributed by atoms with Gasteiger partial charge in [0.1, 0.15) is 0 Å². The fraction of sp³-hybridized carbons (Fsp3) is 0.200. The molecule has 4 heteroatoms. The first-order valence-corrected chi connectivity index (χ1v) is 4.41. The molecular weight excluding hydrogens is 200 g/mol. The molecule has 72 valence electrons. The summed E-state index contributed by atoms with van der Waals surface area (Å²) in [7, 11) is 1.62.